The third-order valence-electron chi connectivity index (χ3n) is 2.64. The zero-order valence-corrected chi connectivity index (χ0v) is 11.0. The molecule has 1 atom stereocenters. The molecule has 0 bridgehead atoms. The Balaban J connectivity index is 2.05. The minimum absolute atomic E-state index is 0.0449. The van der Waals surface area contributed by atoms with Crippen LogP contribution in [0, 0.1) is 0 Å². The zero-order chi connectivity index (χ0) is 13.1. The standard InChI is InChI=1S/C12H16N2O3S/c1-17-10-6-8(13)2-5-11(10)18(16)7-12(15)14-9-3-4-9/h2,5-6,9H,3-4,7,13H2,1H3,(H,14,15). The highest BCUT2D eigenvalue weighted by Gasteiger charge is 2.24. The van der Waals surface area contributed by atoms with Crippen LogP contribution in [0.1, 0.15) is 12.8 Å². The van der Waals surface area contributed by atoms with Crippen LogP contribution in [0.2, 0.25) is 0 Å². The van der Waals surface area contributed by atoms with Crippen LogP contribution in [0.5, 0.6) is 5.75 Å². The van der Waals surface area contributed by atoms with Gasteiger partial charge in [0.05, 0.1) is 22.8 Å². The molecule has 1 aromatic rings. The van der Waals surface area contributed by atoms with E-state index in [-0.39, 0.29) is 17.7 Å². The van der Waals surface area contributed by atoms with Crippen LogP contribution in [0.3, 0.4) is 0 Å². The number of anilines is 1. The lowest BCUT2D eigenvalue weighted by atomic mass is 10.3. The van der Waals surface area contributed by atoms with Crippen molar-refractivity contribution in [2.24, 2.45) is 0 Å². The molecular weight excluding hydrogens is 252 g/mol. The molecule has 0 spiro atoms. The lowest BCUT2D eigenvalue weighted by Gasteiger charge is -2.09. The van der Waals surface area contributed by atoms with E-state index in [1.54, 1.807) is 18.2 Å². The predicted octanol–water partition coefficient (Wildman–Crippen LogP) is 0.664. The molecule has 1 unspecified atom stereocenters. The van der Waals surface area contributed by atoms with Crippen LogP contribution in [0.25, 0.3) is 0 Å². The van der Waals surface area contributed by atoms with Gasteiger partial charge in [-0.25, -0.2) is 0 Å². The van der Waals surface area contributed by atoms with Crippen LogP contribution in [-0.4, -0.2) is 29.0 Å². The Bertz CT molecular complexity index is 486. The van der Waals surface area contributed by atoms with Crippen molar-refractivity contribution < 1.29 is 13.7 Å². The highest BCUT2D eigenvalue weighted by molar-refractivity contribution is 7.85. The van der Waals surface area contributed by atoms with E-state index in [0.717, 1.165) is 12.8 Å². The molecule has 1 saturated carbocycles. The summed E-state index contributed by atoms with van der Waals surface area (Å²) < 4.78 is 17.2. The summed E-state index contributed by atoms with van der Waals surface area (Å²) in [5.41, 5.74) is 6.16. The summed E-state index contributed by atoms with van der Waals surface area (Å²) in [5, 5.41) is 2.81. The highest BCUT2D eigenvalue weighted by Crippen LogP contribution is 2.25. The molecule has 0 aliphatic heterocycles. The SMILES string of the molecule is COc1cc(N)ccc1S(=O)CC(=O)NC1CC1. The van der Waals surface area contributed by atoms with E-state index in [9.17, 15) is 9.00 Å². The van der Waals surface area contributed by atoms with Gasteiger partial charge in [-0.1, -0.05) is 0 Å². The van der Waals surface area contributed by atoms with Gasteiger partial charge in [0, 0.05) is 17.8 Å². The number of carbonyl (C=O) groups is 1. The van der Waals surface area contributed by atoms with Gasteiger partial charge in [0.1, 0.15) is 11.5 Å². The number of carbonyl (C=O) groups excluding carboxylic acids is 1. The topological polar surface area (TPSA) is 81.4 Å². The van der Waals surface area contributed by atoms with Gasteiger partial charge >= 0.3 is 0 Å². The number of rotatable bonds is 5. The molecule has 0 radical (unpaired) electrons. The Hall–Kier alpha value is -1.56. The van der Waals surface area contributed by atoms with E-state index in [1.165, 1.54) is 7.11 Å². The highest BCUT2D eigenvalue weighted by atomic mass is 32.2. The number of nitrogen functional groups attached to an aromatic ring is 1. The molecule has 1 amide bonds. The number of benzene rings is 1. The van der Waals surface area contributed by atoms with Gasteiger partial charge in [0.25, 0.3) is 0 Å². The van der Waals surface area contributed by atoms with Gasteiger partial charge in [-0.15, -0.1) is 0 Å². The summed E-state index contributed by atoms with van der Waals surface area (Å²) in [6.07, 6.45) is 2.03. The third kappa shape index (κ3) is 3.22. The molecule has 0 heterocycles. The van der Waals surface area contributed by atoms with Gasteiger partial charge in [0.15, 0.2) is 0 Å². The summed E-state index contributed by atoms with van der Waals surface area (Å²) in [5.74, 6) is 0.221. The average Bonchev–Trinajstić information content (AvgIpc) is 3.12. The van der Waals surface area contributed by atoms with E-state index < -0.39 is 10.8 Å². The lowest BCUT2D eigenvalue weighted by Crippen LogP contribution is -2.30. The molecule has 0 aromatic heterocycles. The quantitative estimate of drug-likeness (QED) is 0.769. The first-order valence-corrected chi connectivity index (χ1v) is 7.03. The lowest BCUT2D eigenvalue weighted by molar-refractivity contribution is -0.118. The summed E-state index contributed by atoms with van der Waals surface area (Å²) in [6, 6.07) is 5.16. The smallest absolute Gasteiger partial charge is 0.233 e. The van der Waals surface area contributed by atoms with Gasteiger partial charge in [-0.3, -0.25) is 9.00 Å². The van der Waals surface area contributed by atoms with E-state index in [1.807, 2.05) is 0 Å². The second-order valence-electron chi connectivity index (χ2n) is 4.24. The van der Waals surface area contributed by atoms with Gasteiger partial charge in [-0.05, 0) is 25.0 Å². The Morgan fingerprint density at radius 1 is 1.56 bits per heavy atom. The van der Waals surface area contributed by atoms with Crippen molar-refractivity contribution in [2.75, 3.05) is 18.6 Å². The van der Waals surface area contributed by atoms with Crippen molar-refractivity contribution in [3.8, 4) is 5.75 Å². The molecule has 2 rings (SSSR count). The number of methoxy groups -OCH3 is 1. The maximum Gasteiger partial charge on any atom is 0.233 e. The fraction of sp³-hybridized carbons (Fsp3) is 0.417. The van der Waals surface area contributed by atoms with Crippen LogP contribution in [0.4, 0.5) is 5.69 Å². The molecule has 1 fully saturated rings. The largest absolute Gasteiger partial charge is 0.495 e. The fourth-order valence-corrected chi connectivity index (χ4v) is 2.63. The summed E-state index contributed by atoms with van der Waals surface area (Å²) >= 11 is 0. The number of ether oxygens (including phenoxy) is 1. The number of nitrogens with two attached hydrogens (primary N) is 1. The average molecular weight is 268 g/mol. The number of hydrogen-bond donors (Lipinski definition) is 2. The first-order valence-electron chi connectivity index (χ1n) is 5.71. The van der Waals surface area contributed by atoms with Crippen molar-refractivity contribution >= 4 is 22.4 Å². The summed E-state index contributed by atoms with van der Waals surface area (Å²) in [4.78, 5) is 12.1. The molecule has 6 heteroatoms. The Kier molecular flexibility index (Phi) is 3.86. The molecule has 0 saturated heterocycles. The van der Waals surface area contributed by atoms with E-state index in [0.29, 0.717) is 16.3 Å². The second kappa shape index (κ2) is 5.39. The van der Waals surface area contributed by atoms with Crippen LogP contribution < -0.4 is 15.8 Å². The van der Waals surface area contributed by atoms with E-state index in [2.05, 4.69) is 5.32 Å². The van der Waals surface area contributed by atoms with Crippen LogP contribution in [-0.2, 0) is 15.6 Å². The normalized spacial score (nSPS) is 16.1. The van der Waals surface area contributed by atoms with E-state index in [4.69, 9.17) is 10.5 Å². The van der Waals surface area contributed by atoms with E-state index >= 15 is 0 Å². The zero-order valence-electron chi connectivity index (χ0n) is 10.1. The van der Waals surface area contributed by atoms with Crippen molar-refractivity contribution in [2.45, 2.75) is 23.8 Å². The maximum absolute atomic E-state index is 12.1. The molecule has 98 valence electrons. The number of nitrogens with one attached hydrogen (secondary N) is 1. The minimum atomic E-state index is -1.41. The first kappa shape index (κ1) is 12.9. The Labute approximate surface area is 108 Å². The summed E-state index contributed by atoms with van der Waals surface area (Å²) in [6.45, 7) is 0. The van der Waals surface area contributed by atoms with Crippen molar-refractivity contribution in [1.29, 1.82) is 0 Å². The van der Waals surface area contributed by atoms with Gasteiger partial charge in [0.2, 0.25) is 5.91 Å². The second-order valence-corrected chi connectivity index (χ2v) is 5.66. The molecule has 1 aliphatic rings. The fourth-order valence-electron chi connectivity index (χ4n) is 1.57. The molecule has 18 heavy (non-hydrogen) atoms. The first-order chi connectivity index (χ1) is 8.60. The number of hydrogen-bond acceptors (Lipinski definition) is 4. The number of amides is 1. The molecular formula is C12H16N2O3S. The van der Waals surface area contributed by atoms with Crippen LogP contribution in [0.15, 0.2) is 23.1 Å². The van der Waals surface area contributed by atoms with Gasteiger partial charge < -0.3 is 15.8 Å². The van der Waals surface area contributed by atoms with Crippen molar-refractivity contribution in [3.05, 3.63) is 18.2 Å². The summed E-state index contributed by atoms with van der Waals surface area (Å²) in [7, 11) is 0.0714. The third-order valence-corrected chi connectivity index (χ3v) is 3.99. The van der Waals surface area contributed by atoms with Gasteiger partial charge in [-0.2, -0.15) is 0 Å². The van der Waals surface area contributed by atoms with Crippen molar-refractivity contribution in [3.63, 3.8) is 0 Å². The monoisotopic (exact) mass is 268 g/mol. The molecule has 5 nitrogen and oxygen atoms in total. The molecule has 3 N–H and O–H groups in total. The molecule has 1 aromatic carbocycles. The predicted molar refractivity (Wildman–Crippen MR) is 69.8 cm³/mol. The molecule has 1 aliphatic carbocycles. The Morgan fingerprint density at radius 2 is 2.28 bits per heavy atom. The Morgan fingerprint density at radius 3 is 2.89 bits per heavy atom. The van der Waals surface area contributed by atoms with Crippen molar-refractivity contribution in [1.82, 2.24) is 5.32 Å². The van der Waals surface area contributed by atoms with Crippen LogP contribution >= 0.6 is 0 Å². The minimum Gasteiger partial charge on any atom is -0.495 e. The maximum atomic E-state index is 12.1.